The number of aryl methyl sites for hydroxylation is 1. The van der Waals surface area contributed by atoms with Crippen molar-refractivity contribution in [2.45, 2.75) is 6.92 Å². The van der Waals surface area contributed by atoms with E-state index in [1.54, 1.807) is 36.4 Å². The zero-order valence-electron chi connectivity index (χ0n) is 12.0. The maximum Gasteiger partial charge on any atom is 0.319 e. The maximum atomic E-state index is 11.7. The third-order valence-corrected chi connectivity index (χ3v) is 3.53. The van der Waals surface area contributed by atoms with Crippen LogP contribution in [0.4, 0.5) is 10.5 Å². The summed E-state index contributed by atoms with van der Waals surface area (Å²) in [5, 5.41) is 6.66. The molecule has 2 amide bonds. The van der Waals surface area contributed by atoms with E-state index in [0.29, 0.717) is 28.9 Å². The second-order valence-electron chi connectivity index (χ2n) is 4.65. The number of hydrogen-bond donors (Lipinski definition) is 2. The molecule has 0 spiro atoms. The maximum absolute atomic E-state index is 11.7. The van der Waals surface area contributed by atoms with Gasteiger partial charge < -0.3 is 15.4 Å². The quantitative estimate of drug-likeness (QED) is 0.788. The molecule has 0 unspecified atom stereocenters. The number of urea groups is 1. The minimum atomic E-state index is -0.307. The Hall–Kier alpha value is -1.91. The monoisotopic (exact) mass is 338 g/mol. The Kier molecular flexibility index (Phi) is 5.92. The molecule has 0 aliphatic rings. The number of carbonyl (C=O) groups is 1. The molecule has 2 rings (SSSR count). The molecular weight excluding hydrogens is 323 g/mol. The van der Waals surface area contributed by atoms with E-state index in [0.717, 1.165) is 11.3 Å². The second kappa shape index (κ2) is 7.92. The standard InChI is InChI=1S/C16H16Cl2N2O2/c1-11-9-14(5-6-15(11)18)22-8-7-19-16(21)20-13-4-2-3-12(17)10-13/h2-6,9-10H,7-8H2,1H3,(H2,19,20,21). The van der Waals surface area contributed by atoms with Gasteiger partial charge >= 0.3 is 6.03 Å². The molecule has 116 valence electrons. The van der Waals surface area contributed by atoms with Gasteiger partial charge in [0.15, 0.2) is 0 Å². The van der Waals surface area contributed by atoms with E-state index in [2.05, 4.69) is 10.6 Å². The summed E-state index contributed by atoms with van der Waals surface area (Å²) < 4.78 is 5.54. The molecule has 2 aromatic carbocycles. The number of rotatable bonds is 5. The lowest BCUT2D eigenvalue weighted by molar-refractivity contribution is 0.247. The fraction of sp³-hybridized carbons (Fsp3) is 0.188. The summed E-state index contributed by atoms with van der Waals surface area (Å²) in [7, 11) is 0. The first-order chi connectivity index (χ1) is 10.5. The van der Waals surface area contributed by atoms with Crippen molar-refractivity contribution in [1.29, 1.82) is 0 Å². The normalized spacial score (nSPS) is 10.1. The van der Waals surface area contributed by atoms with Gasteiger partial charge in [0.05, 0.1) is 6.54 Å². The van der Waals surface area contributed by atoms with Crippen molar-refractivity contribution >= 4 is 34.9 Å². The molecule has 0 bridgehead atoms. The molecule has 0 atom stereocenters. The Morgan fingerprint density at radius 3 is 2.73 bits per heavy atom. The summed E-state index contributed by atoms with van der Waals surface area (Å²) >= 11 is 11.8. The minimum absolute atomic E-state index is 0.307. The molecule has 0 aromatic heterocycles. The van der Waals surface area contributed by atoms with Crippen LogP contribution in [-0.2, 0) is 0 Å². The van der Waals surface area contributed by atoms with Crippen molar-refractivity contribution in [2.75, 3.05) is 18.5 Å². The Balaban J connectivity index is 1.72. The van der Waals surface area contributed by atoms with Crippen LogP contribution in [0.5, 0.6) is 5.75 Å². The van der Waals surface area contributed by atoms with Crippen LogP contribution in [0.15, 0.2) is 42.5 Å². The van der Waals surface area contributed by atoms with Crippen LogP contribution in [0.25, 0.3) is 0 Å². The molecular formula is C16H16Cl2N2O2. The molecule has 0 saturated heterocycles. The lowest BCUT2D eigenvalue weighted by Gasteiger charge is -2.10. The summed E-state index contributed by atoms with van der Waals surface area (Å²) in [4.78, 5) is 11.7. The highest BCUT2D eigenvalue weighted by Crippen LogP contribution is 2.20. The van der Waals surface area contributed by atoms with Gasteiger partial charge in [0, 0.05) is 15.7 Å². The molecule has 0 saturated carbocycles. The lowest BCUT2D eigenvalue weighted by Crippen LogP contribution is -2.32. The van der Waals surface area contributed by atoms with Crippen molar-refractivity contribution in [3.05, 3.63) is 58.1 Å². The van der Waals surface area contributed by atoms with E-state index in [-0.39, 0.29) is 6.03 Å². The molecule has 2 N–H and O–H groups in total. The molecule has 0 aliphatic heterocycles. The summed E-state index contributed by atoms with van der Waals surface area (Å²) in [5.74, 6) is 0.721. The number of hydrogen-bond acceptors (Lipinski definition) is 2. The van der Waals surface area contributed by atoms with Gasteiger partial charge in [0.2, 0.25) is 0 Å². The number of carbonyl (C=O) groups excluding carboxylic acids is 1. The Morgan fingerprint density at radius 2 is 2.00 bits per heavy atom. The number of ether oxygens (including phenoxy) is 1. The highest BCUT2D eigenvalue weighted by Gasteiger charge is 2.02. The minimum Gasteiger partial charge on any atom is -0.492 e. The van der Waals surface area contributed by atoms with E-state index in [9.17, 15) is 4.79 Å². The predicted molar refractivity (Wildman–Crippen MR) is 90.2 cm³/mol. The van der Waals surface area contributed by atoms with Crippen molar-refractivity contribution in [3.8, 4) is 5.75 Å². The highest BCUT2D eigenvalue weighted by molar-refractivity contribution is 6.31. The average Bonchev–Trinajstić information content (AvgIpc) is 2.47. The SMILES string of the molecule is Cc1cc(OCCNC(=O)Nc2cccc(Cl)c2)ccc1Cl. The topological polar surface area (TPSA) is 50.4 Å². The van der Waals surface area contributed by atoms with Crippen molar-refractivity contribution in [3.63, 3.8) is 0 Å². The first kappa shape index (κ1) is 16.5. The van der Waals surface area contributed by atoms with E-state index < -0.39 is 0 Å². The lowest BCUT2D eigenvalue weighted by atomic mass is 10.2. The van der Waals surface area contributed by atoms with Crippen LogP contribution in [0, 0.1) is 6.92 Å². The van der Waals surface area contributed by atoms with Gasteiger partial charge in [0.1, 0.15) is 12.4 Å². The van der Waals surface area contributed by atoms with Gasteiger partial charge in [-0.15, -0.1) is 0 Å². The van der Waals surface area contributed by atoms with Gasteiger partial charge in [-0.2, -0.15) is 0 Å². The van der Waals surface area contributed by atoms with Crippen molar-refractivity contribution < 1.29 is 9.53 Å². The molecule has 0 fully saturated rings. The van der Waals surface area contributed by atoms with Crippen molar-refractivity contribution in [2.24, 2.45) is 0 Å². The number of nitrogens with one attached hydrogen (secondary N) is 2. The van der Waals surface area contributed by atoms with Gasteiger partial charge in [-0.05, 0) is 48.9 Å². The third kappa shape index (κ3) is 5.13. The molecule has 0 radical (unpaired) electrons. The summed E-state index contributed by atoms with van der Waals surface area (Å²) in [5.41, 5.74) is 1.59. The zero-order chi connectivity index (χ0) is 15.9. The third-order valence-electron chi connectivity index (χ3n) is 2.87. The fourth-order valence-corrected chi connectivity index (χ4v) is 2.09. The fourth-order valence-electron chi connectivity index (χ4n) is 1.78. The smallest absolute Gasteiger partial charge is 0.319 e. The van der Waals surface area contributed by atoms with E-state index >= 15 is 0 Å². The molecule has 0 heterocycles. The van der Waals surface area contributed by atoms with E-state index in [1.807, 2.05) is 13.0 Å². The Labute approximate surface area is 139 Å². The predicted octanol–water partition coefficient (Wildman–Crippen LogP) is 4.50. The van der Waals surface area contributed by atoms with E-state index in [1.165, 1.54) is 0 Å². The largest absolute Gasteiger partial charge is 0.492 e. The molecule has 6 heteroatoms. The van der Waals surface area contributed by atoms with Gasteiger partial charge in [-0.1, -0.05) is 29.3 Å². The van der Waals surface area contributed by atoms with Crippen LogP contribution < -0.4 is 15.4 Å². The zero-order valence-corrected chi connectivity index (χ0v) is 13.5. The van der Waals surface area contributed by atoms with Gasteiger partial charge in [-0.25, -0.2) is 4.79 Å². The summed E-state index contributed by atoms with van der Waals surface area (Å²) in [6.45, 7) is 2.66. The second-order valence-corrected chi connectivity index (χ2v) is 5.49. The van der Waals surface area contributed by atoms with Gasteiger partial charge in [0.25, 0.3) is 0 Å². The van der Waals surface area contributed by atoms with E-state index in [4.69, 9.17) is 27.9 Å². The first-order valence-electron chi connectivity index (χ1n) is 6.74. The highest BCUT2D eigenvalue weighted by atomic mass is 35.5. The van der Waals surface area contributed by atoms with Crippen LogP contribution in [0.1, 0.15) is 5.56 Å². The number of halogens is 2. The Bertz CT molecular complexity index is 662. The summed E-state index contributed by atoms with van der Waals surface area (Å²) in [6.07, 6.45) is 0. The number of benzene rings is 2. The van der Waals surface area contributed by atoms with Crippen LogP contribution in [-0.4, -0.2) is 19.2 Å². The average molecular weight is 339 g/mol. The van der Waals surface area contributed by atoms with Crippen LogP contribution in [0.2, 0.25) is 10.0 Å². The van der Waals surface area contributed by atoms with Crippen LogP contribution >= 0.6 is 23.2 Å². The molecule has 22 heavy (non-hydrogen) atoms. The van der Waals surface area contributed by atoms with Gasteiger partial charge in [-0.3, -0.25) is 0 Å². The number of anilines is 1. The molecule has 4 nitrogen and oxygen atoms in total. The van der Waals surface area contributed by atoms with Crippen molar-refractivity contribution in [1.82, 2.24) is 5.32 Å². The molecule has 0 aliphatic carbocycles. The van der Waals surface area contributed by atoms with Crippen LogP contribution in [0.3, 0.4) is 0 Å². The Morgan fingerprint density at radius 1 is 1.18 bits per heavy atom. The first-order valence-corrected chi connectivity index (χ1v) is 7.49. The molecule has 2 aromatic rings. The number of amides is 2. The summed E-state index contributed by atoms with van der Waals surface area (Å²) in [6, 6.07) is 12.1.